The topological polar surface area (TPSA) is 112 Å². The second kappa shape index (κ2) is 6.67. The molecule has 140 valence electrons. The summed E-state index contributed by atoms with van der Waals surface area (Å²) in [5.74, 6) is -0.0193. The molecule has 1 aromatic carbocycles. The second-order valence-corrected chi connectivity index (χ2v) is 8.72. The fourth-order valence-electron chi connectivity index (χ4n) is 2.77. The van der Waals surface area contributed by atoms with E-state index in [1.54, 1.807) is 0 Å². The molecular weight excluding hydrogens is 361 g/mol. The van der Waals surface area contributed by atoms with E-state index in [2.05, 4.69) is 15.1 Å². The van der Waals surface area contributed by atoms with Gasteiger partial charge in [-0.3, -0.25) is 0 Å². The molecule has 0 aliphatic heterocycles. The van der Waals surface area contributed by atoms with Gasteiger partial charge in [0.15, 0.2) is 32.9 Å². The minimum Gasteiger partial charge on any atom is -0.494 e. The molecule has 0 unspecified atom stereocenters. The molecule has 0 atom stereocenters. The molecule has 0 amide bonds. The number of ether oxygens (including phenoxy) is 1. The normalized spacial score (nSPS) is 12.3. The maximum absolute atomic E-state index is 14.1. The van der Waals surface area contributed by atoms with Crippen LogP contribution in [0.2, 0.25) is 0 Å². The highest BCUT2D eigenvalue weighted by atomic mass is 32.2. The Morgan fingerprint density at radius 3 is 2.69 bits per heavy atom. The van der Waals surface area contributed by atoms with Gasteiger partial charge in [-0.15, -0.1) is 5.10 Å². The molecule has 0 radical (unpaired) electrons. The summed E-state index contributed by atoms with van der Waals surface area (Å²) in [6, 6.07) is 2.69. The maximum atomic E-state index is 14.1. The van der Waals surface area contributed by atoms with Gasteiger partial charge < -0.3 is 10.5 Å². The monoisotopic (exact) mass is 381 g/mol. The van der Waals surface area contributed by atoms with Crippen molar-refractivity contribution in [2.75, 3.05) is 24.3 Å². The minimum atomic E-state index is -3.20. The molecule has 10 heteroatoms. The first-order valence-electron chi connectivity index (χ1n) is 8.09. The van der Waals surface area contributed by atoms with Crippen LogP contribution in [0.4, 0.5) is 10.3 Å². The van der Waals surface area contributed by atoms with Crippen LogP contribution in [0.15, 0.2) is 12.1 Å². The van der Waals surface area contributed by atoms with Crippen LogP contribution in [0, 0.1) is 11.7 Å². The quantitative estimate of drug-likeness (QED) is 0.690. The Kier molecular flexibility index (Phi) is 4.70. The summed E-state index contributed by atoms with van der Waals surface area (Å²) >= 11 is 0. The van der Waals surface area contributed by atoms with Crippen LogP contribution in [0.3, 0.4) is 0 Å². The Labute approximate surface area is 150 Å². The average Bonchev–Trinajstić information content (AvgIpc) is 2.97. The van der Waals surface area contributed by atoms with Crippen molar-refractivity contribution in [1.82, 2.24) is 19.6 Å². The van der Waals surface area contributed by atoms with Crippen LogP contribution in [0.1, 0.15) is 19.7 Å². The number of anilines is 1. The molecule has 0 aliphatic rings. The Balaban J connectivity index is 2.01. The van der Waals surface area contributed by atoms with Gasteiger partial charge in [-0.2, -0.15) is 4.52 Å². The fourth-order valence-corrected chi connectivity index (χ4v) is 4.45. The van der Waals surface area contributed by atoms with Crippen molar-refractivity contribution in [3.8, 4) is 5.75 Å². The third kappa shape index (κ3) is 3.55. The number of benzene rings is 1. The van der Waals surface area contributed by atoms with Gasteiger partial charge >= 0.3 is 0 Å². The number of nitrogens with two attached hydrogens (primary N) is 1. The molecule has 2 heterocycles. The van der Waals surface area contributed by atoms with Crippen LogP contribution in [-0.2, 0) is 16.3 Å². The first kappa shape index (κ1) is 18.3. The van der Waals surface area contributed by atoms with E-state index >= 15 is 0 Å². The van der Waals surface area contributed by atoms with Crippen molar-refractivity contribution < 1.29 is 17.5 Å². The first-order valence-corrected chi connectivity index (χ1v) is 9.91. The van der Waals surface area contributed by atoms with Crippen LogP contribution in [0.25, 0.3) is 16.6 Å². The number of aryl methyl sites for hydroxylation is 1. The fraction of sp³-hybridized carbons (Fsp3) is 0.438. The molecule has 0 bridgehead atoms. The van der Waals surface area contributed by atoms with Crippen molar-refractivity contribution >= 4 is 32.3 Å². The van der Waals surface area contributed by atoms with E-state index < -0.39 is 15.7 Å². The number of nitrogen functional groups attached to an aromatic ring is 1. The van der Waals surface area contributed by atoms with Crippen LogP contribution in [0.5, 0.6) is 5.75 Å². The van der Waals surface area contributed by atoms with Crippen LogP contribution in [-0.4, -0.2) is 46.6 Å². The number of fused-ring (bicyclic) bond motifs is 3. The third-order valence-corrected chi connectivity index (χ3v) is 5.84. The Hall–Kier alpha value is -2.49. The lowest BCUT2D eigenvalue weighted by molar-refractivity contribution is 0.387. The number of halogens is 1. The predicted octanol–water partition coefficient (Wildman–Crippen LogP) is 1.62. The lowest BCUT2D eigenvalue weighted by Crippen LogP contribution is -2.17. The van der Waals surface area contributed by atoms with Gasteiger partial charge in [0.05, 0.1) is 24.1 Å². The van der Waals surface area contributed by atoms with Gasteiger partial charge in [-0.1, -0.05) is 13.8 Å². The highest BCUT2D eigenvalue weighted by molar-refractivity contribution is 7.91. The number of nitrogens with zero attached hydrogens (tertiary/aromatic N) is 4. The van der Waals surface area contributed by atoms with Crippen molar-refractivity contribution in [2.24, 2.45) is 5.92 Å². The third-order valence-electron chi connectivity index (χ3n) is 3.84. The number of aromatic nitrogens is 4. The standard InChI is InChI=1S/C16H20FN5O3S/c1-9(2)8-26(23,24)5-4-14-20-15-10-6-11(17)13(25-3)7-12(10)19-16(18)22(15)21-14/h6-7,9H,4-5,8H2,1-3H3,(H2,18,19). The summed E-state index contributed by atoms with van der Waals surface area (Å²) in [4.78, 5) is 8.53. The molecule has 0 saturated carbocycles. The smallest absolute Gasteiger partial charge is 0.223 e. The lowest BCUT2D eigenvalue weighted by Gasteiger charge is -2.05. The van der Waals surface area contributed by atoms with E-state index in [4.69, 9.17) is 10.5 Å². The molecule has 8 nitrogen and oxygen atoms in total. The van der Waals surface area contributed by atoms with Gasteiger partial charge in [-0.25, -0.2) is 22.8 Å². The zero-order chi connectivity index (χ0) is 19.1. The van der Waals surface area contributed by atoms with E-state index in [1.807, 2.05) is 13.8 Å². The molecule has 26 heavy (non-hydrogen) atoms. The second-order valence-electron chi connectivity index (χ2n) is 6.50. The summed E-state index contributed by atoms with van der Waals surface area (Å²) < 4.78 is 44.4. The minimum absolute atomic E-state index is 0.0493. The SMILES string of the molecule is COc1cc2nc(N)n3nc(CCS(=O)(=O)CC(C)C)nc3c2cc1F. The summed E-state index contributed by atoms with van der Waals surface area (Å²) in [5.41, 5.74) is 6.65. The van der Waals surface area contributed by atoms with E-state index in [-0.39, 0.29) is 35.5 Å². The summed E-state index contributed by atoms with van der Waals surface area (Å²) in [5, 5.41) is 4.63. The number of sulfone groups is 1. The number of hydrogen-bond acceptors (Lipinski definition) is 7. The van der Waals surface area contributed by atoms with E-state index in [0.29, 0.717) is 22.4 Å². The van der Waals surface area contributed by atoms with Crippen molar-refractivity contribution in [1.29, 1.82) is 0 Å². The molecule has 2 aromatic heterocycles. The Morgan fingerprint density at radius 1 is 1.31 bits per heavy atom. The molecule has 3 aromatic rings. The van der Waals surface area contributed by atoms with E-state index in [0.717, 1.165) is 0 Å². The Bertz CT molecular complexity index is 1080. The maximum Gasteiger partial charge on any atom is 0.223 e. The van der Waals surface area contributed by atoms with Gasteiger partial charge in [0, 0.05) is 17.9 Å². The number of methoxy groups -OCH3 is 1. The zero-order valence-corrected chi connectivity index (χ0v) is 15.5. The average molecular weight is 381 g/mol. The van der Waals surface area contributed by atoms with E-state index in [1.165, 1.54) is 23.8 Å². The van der Waals surface area contributed by atoms with Gasteiger partial charge in [-0.05, 0) is 12.0 Å². The highest BCUT2D eigenvalue weighted by Crippen LogP contribution is 2.27. The van der Waals surface area contributed by atoms with Crippen molar-refractivity contribution in [2.45, 2.75) is 20.3 Å². The summed E-state index contributed by atoms with van der Waals surface area (Å²) in [7, 11) is -1.84. The molecule has 0 aliphatic carbocycles. The summed E-state index contributed by atoms with van der Waals surface area (Å²) in [6.07, 6.45) is 0.149. The molecule has 2 N–H and O–H groups in total. The van der Waals surface area contributed by atoms with Gasteiger partial charge in [0.2, 0.25) is 5.95 Å². The molecule has 3 rings (SSSR count). The van der Waals surface area contributed by atoms with Gasteiger partial charge in [0.1, 0.15) is 0 Å². The summed E-state index contributed by atoms with van der Waals surface area (Å²) in [6.45, 7) is 3.70. The van der Waals surface area contributed by atoms with Crippen molar-refractivity contribution in [3.63, 3.8) is 0 Å². The lowest BCUT2D eigenvalue weighted by atomic mass is 10.2. The van der Waals surface area contributed by atoms with Crippen LogP contribution < -0.4 is 10.5 Å². The number of rotatable bonds is 6. The Morgan fingerprint density at radius 2 is 2.04 bits per heavy atom. The number of hydrogen-bond donors (Lipinski definition) is 1. The predicted molar refractivity (Wildman–Crippen MR) is 96.4 cm³/mol. The molecule has 0 fully saturated rings. The largest absolute Gasteiger partial charge is 0.494 e. The van der Waals surface area contributed by atoms with Crippen molar-refractivity contribution in [3.05, 3.63) is 23.8 Å². The molecular formula is C16H20FN5O3S. The van der Waals surface area contributed by atoms with E-state index in [9.17, 15) is 12.8 Å². The molecule has 0 saturated heterocycles. The zero-order valence-electron chi connectivity index (χ0n) is 14.7. The van der Waals surface area contributed by atoms with Gasteiger partial charge in [0.25, 0.3) is 0 Å². The molecule has 0 spiro atoms. The first-order chi connectivity index (χ1) is 12.2. The van der Waals surface area contributed by atoms with Crippen LogP contribution >= 0.6 is 0 Å². The highest BCUT2D eigenvalue weighted by Gasteiger charge is 2.18.